The number of hydrogen-bond acceptors (Lipinski definition) is 3. The van der Waals surface area contributed by atoms with E-state index in [1.54, 1.807) is 0 Å². The number of hydrogen-bond donors (Lipinski definition) is 0. The molecule has 2 aromatic rings. The van der Waals surface area contributed by atoms with E-state index in [0.717, 1.165) is 24.0 Å². The summed E-state index contributed by atoms with van der Waals surface area (Å²) in [4.78, 5) is 2.38. The first-order chi connectivity index (χ1) is 10.3. The summed E-state index contributed by atoms with van der Waals surface area (Å²) in [6, 6.07) is 11.0. The highest BCUT2D eigenvalue weighted by Crippen LogP contribution is 2.51. The van der Waals surface area contributed by atoms with Crippen LogP contribution in [-0.2, 0) is 6.54 Å². The lowest BCUT2D eigenvalue weighted by Gasteiger charge is -2.32. The lowest BCUT2D eigenvalue weighted by atomic mass is 9.90. The summed E-state index contributed by atoms with van der Waals surface area (Å²) in [6.07, 6.45) is 2.66. The second-order valence-electron chi connectivity index (χ2n) is 6.24. The SMILES string of the molecule is CN1Cc2cc3c(cc2-c2cccc(C4CC4)c21)OCO3. The number of anilines is 1. The molecule has 0 radical (unpaired) electrons. The zero-order valence-corrected chi connectivity index (χ0v) is 12.1. The zero-order chi connectivity index (χ0) is 14.0. The van der Waals surface area contributed by atoms with Crippen molar-refractivity contribution in [3.63, 3.8) is 0 Å². The van der Waals surface area contributed by atoms with Crippen molar-refractivity contribution < 1.29 is 9.47 Å². The first-order valence-corrected chi connectivity index (χ1v) is 7.58. The molecule has 1 saturated carbocycles. The van der Waals surface area contributed by atoms with Crippen molar-refractivity contribution in [2.75, 3.05) is 18.7 Å². The van der Waals surface area contributed by atoms with Gasteiger partial charge in [0.15, 0.2) is 11.5 Å². The van der Waals surface area contributed by atoms with Crippen LogP contribution >= 0.6 is 0 Å². The molecule has 0 aromatic heterocycles. The third kappa shape index (κ3) is 1.60. The van der Waals surface area contributed by atoms with Crippen LogP contribution in [0.2, 0.25) is 0 Å². The smallest absolute Gasteiger partial charge is 0.231 e. The summed E-state index contributed by atoms with van der Waals surface area (Å²) < 4.78 is 11.1. The monoisotopic (exact) mass is 279 g/mol. The van der Waals surface area contributed by atoms with Crippen LogP contribution in [0, 0.1) is 0 Å². The topological polar surface area (TPSA) is 21.7 Å². The summed E-state index contributed by atoms with van der Waals surface area (Å²) >= 11 is 0. The number of rotatable bonds is 1. The van der Waals surface area contributed by atoms with E-state index in [4.69, 9.17) is 9.47 Å². The van der Waals surface area contributed by atoms with Crippen LogP contribution in [-0.4, -0.2) is 13.8 Å². The minimum atomic E-state index is 0.336. The van der Waals surface area contributed by atoms with Gasteiger partial charge in [0.05, 0.1) is 0 Å². The van der Waals surface area contributed by atoms with E-state index in [-0.39, 0.29) is 0 Å². The van der Waals surface area contributed by atoms with Crippen LogP contribution in [0.4, 0.5) is 5.69 Å². The Kier molecular flexibility index (Phi) is 2.16. The Labute approximate surface area is 124 Å². The molecule has 3 nitrogen and oxygen atoms in total. The summed E-state index contributed by atoms with van der Waals surface area (Å²) in [5.74, 6) is 2.52. The number of nitrogens with zero attached hydrogens (tertiary/aromatic N) is 1. The van der Waals surface area contributed by atoms with Crippen molar-refractivity contribution in [1.82, 2.24) is 0 Å². The average molecular weight is 279 g/mol. The molecule has 0 unspecified atom stereocenters. The number of fused-ring (bicyclic) bond motifs is 4. The number of para-hydroxylation sites is 1. The molecule has 0 atom stereocenters. The maximum Gasteiger partial charge on any atom is 0.231 e. The summed E-state index contributed by atoms with van der Waals surface area (Å²) in [6.45, 7) is 1.27. The van der Waals surface area contributed by atoms with Crippen molar-refractivity contribution in [3.8, 4) is 22.6 Å². The molecule has 3 aliphatic rings. The Morgan fingerprint density at radius 2 is 1.86 bits per heavy atom. The van der Waals surface area contributed by atoms with Crippen LogP contribution in [0.5, 0.6) is 11.5 Å². The van der Waals surface area contributed by atoms with Crippen molar-refractivity contribution >= 4 is 5.69 Å². The van der Waals surface area contributed by atoms with Gasteiger partial charge in [0.2, 0.25) is 6.79 Å². The molecule has 1 aliphatic carbocycles. The number of ether oxygens (including phenoxy) is 2. The molecule has 0 bridgehead atoms. The Morgan fingerprint density at radius 3 is 2.67 bits per heavy atom. The van der Waals surface area contributed by atoms with Gasteiger partial charge in [-0.1, -0.05) is 18.2 Å². The molecule has 3 heteroatoms. The highest BCUT2D eigenvalue weighted by atomic mass is 16.7. The Hall–Kier alpha value is -2.16. The maximum atomic E-state index is 5.56. The molecule has 0 saturated heterocycles. The minimum absolute atomic E-state index is 0.336. The van der Waals surface area contributed by atoms with Gasteiger partial charge < -0.3 is 14.4 Å². The van der Waals surface area contributed by atoms with Gasteiger partial charge in [0.1, 0.15) is 0 Å². The van der Waals surface area contributed by atoms with Gasteiger partial charge in [-0.2, -0.15) is 0 Å². The van der Waals surface area contributed by atoms with E-state index in [1.807, 2.05) is 0 Å². The van der Waals surface area contributed by atoms with E-state index >= 15 is 0 Å². The molecule has 2 heterocycles. The number of benzene rings is 2. The van der Waals surface area contributed by atoms with Crippen LogP contribution in [0.3, 0.4) is 0 Å². The van der Waals surface area contributed by atoms with Gasteiger partial charge in [0.25, 0.3) is 0 Å². The molecule has 0 N–H and O–H groups in total. The predicted molar refractivity (Wildman–Crippen MR) is 82.1 cm³/mol. The third-order valence-corrected chi connectivity index (χ3v) is 4.76. The first kappa shape index (κ1) is 11.5. The van der Waals surface area contributed by atoms with Crippen molar-refractivity contribution in [2.45, 2.75) is 25.3 Å². The normalized spacial score (nSPS) is 18.4. The Morgan fingerprint density at radius 1 is 1.05 bits per heavy atom. The molecule has 2 aliphatic heterocycles. The fraction of sp³-hybridized carbons (Fsp3) is 0.333. The largest absolute Gasteiger partial charge is 0.454 e. The molecule has 0 spiro atoms. The van der Waals surface area contributed by atoms with Gasteiger partial charge in [-0.15, -0.1) is 0 Å². The van der Waals surface area contributed by atoms with Crippen LogP contribution in [0.25, 0.3) is 11.1 Å². The molecule has 0 amide bonds. The lowest BCUT2D eigenvalue weighted by molar-refractivity contribution is 0.174. The fourth-order valence-corrected chi connectivity index (χ4v) is 3.63. The summed E-state index contributed by atoms with van der Waals surface area (Å²) in [5, 5.41) is 0. The van der Waals surface area contributed by atoms with E-state index in [2.05, 4.69) is 42.3 Å². The standard InChI is InChI=1S/C18H17NO2/c1-19-9-12-7-16-17(21-10-20-16)8-15(12)14-4-2-3-13(18(14)19)11-5-6-11/h2-4,7-8,11H,5-6,9-10H2,1H3. The van der Waals surface area contributed by atoms with Gasteiger partial charge in [-0.3, -0.25) is 0 Å². The second-order valence-corrected chi connectivity index (χ2v) is 6.24. The molecule has 106 valence electrons. The van der Waals surface area contributed by atoms with Crippen molar-refractivity contribution in [2.24, 2.45) is 0 Å². The van der Waals surface area contributed by atoms with E-state index in [9.17, 15) is 0 Å². The molecule has 5 rings (SSSR count). The molecule has 21 heavy (non-hydrogen) atoms. The van der Waals surface area contributed by atoms with Crippen LogP contribution in [0.1, 0.15) is 29.9 Å². The zero-order valence-electron chi connectivity index (χ0n) is 12.1. The average Bonchev–Trinajstić information content (AvgIpc) is 3.24. The molecule has 1 fully saturated rings. The highest BCUT2D eigenvalue weighted by molar-refractivity contribution is 5.87. The summed E-state index contributed by atoms with van der Waals surface area (Å²) in [7, 11) is 2.19. The fourth-order valence-electron chi connectivity index (χ4n) is 3.63. The quantitative estimate of drug-likeness (QED) is 0.790. The molecular formula is C18H17NO2. The lowest BCUT2D eigenvalue weighted by Crippen LogP contribution is -2.23. The van der Waals surface area contributed by atoms with E-state index in [0.29, 0.717) is 6.79 Å². The Bertz CT molecular complexity index is 749. The Balaban J connectivity index is 1.76. The minimum Gasteiger partial charge on any atom is -0.454 e. The second kappa shape index (κ2) is 3.94. The van der Waals surface area contributed by atoms with Crippen LogP contribution in [0.15, 0.2) is 30.3 Å². The molecule has 2 aromatic carbocycles. The van der Waals surface area contributed by atoms with E-state index in [1.165, 1.54) is 40.8 Å². The summed E-state index contributed by atoms with van der Waals surface area (Å²) in [5.41, 5.74) is 6.88. The van der Waals surface area contributed by atoms with Crippen LogP contribution < -0.4 is 14.4 Å². The van der Waals surface area contributed by atoms with Crippen molar-refractivity contribution in [1.29, 1.82) is 0 Å². The van der Waals surface area contributed by atoms with Crippen molar-refractivity contribution in [3.05, 3.63) is 41.5 Å². The third-order valence-electron chi connectivity index (χ3n) is 4.76. The van der Waals surface area contributed by atoms with Gasteiger partial charge in [-0.05, 0) is 47.6 Å². The maximum absolute atomic E-state index is 5.56. The van der Waals surface area contributed by atoms with Gasteiger partial charge >= 0.3 is 0 Å². The van der Waals surface area contributed by atoms with E-state index < -0.39 is 0 Å². The predicted octanol–water partition coefficient (Wildman–Crippen LogP) is 3.91. The highest BCUT2D eigenvalue weighted by Gasteiger charge is 2.31. The first-order valence-electron chi connectivity index (χ1n) is 7.58. The van der Waals surface area contributed by atoms with Gasteiger partial charge in [0, 0.05) is 24.8 Å². The van der Waals surface area contributed by atoms with Gasteiger partial charge in [-0.25, -0.2) is 0 Å². The molecular weight excluding hydrogens is 262 g/mol.